The summed E-state index contributed by atoms with van der Waals surface area (Å²) >= 11 is 0. The van der Waals surface area contributed by atoms with E-state index in [2.05, 4.69) is 4.98 Å². The van der Waals surface area contributed by atoms with Gasteiger partial charge in [-0.3, -0.25) is 0 Å². The van der Waals surface area contributed by atoms with Gasteiger partial charge in [-0.05, 0) is 24.8 Å². The molecule has 1 unspecified atom stereocenters. The Morgan fingerprint density at radius 3 is 3.00 bits per heavy atom. The van der Waals surface area contributed by atoms with Gasteiger partial charge >= 0.3 is 0 Å². The van der Waals surface area contributed by atoms with Gasteiger partial charge in [0.05, 0.1) is 7.11 Å². The van der Waals surface area contributed by atoms with Gasteiger partial charge in [-0.2, -0.15) is 0 Å². The number of rotatable bonds is 4. The van der Waals surface area contributed by atoms with Gasteiger partial charge in [0.2, 0.25) is 5.88 Å². The third-order valence-electron chi connectivity index (χ3n) is 2.66. The van der Waals surface area contributed by atoms with Crippen LogP contribution in [0.3, 0.4) is 0 Å². The number of hydrogen-bond donors (Lipinski definition) is 1. The van der Waals surface area contributed by atoms with Gasteiger partial charge in [-0.15, -0.1) is 0 Å². The molecule has 1 saturated carbocycles. The maximum atomic E-state index is 6.02. The standard InChI is InChI=1S/C11H16N2O/c1-14-11-4-2-3-9(13-11)7-10(12)8-5-6-8/h2-4,8,10H,5-7,12H2,1H3. The van der Waals surface area contributed by atoms with E-state index < -0.39 is 0 Å². The fourth-order valence-electron chi connectivity index (χ4n) is 1.62. The van der Waals surface area contributed by atoms with Gasteiger partial charge in [-0.25, -0.2) is 4.98 Å². The van der Waals surface area contributed by atoms with Crippen molar-refractivity contribution in [3.05, 3.63) is 23.9 Å². The lowest BCUT2D eigenvalue weighted by atomic mass is 10.1. The minimum absolute atomic E-state index is 0.273. The molecule has 1 aromatic rings. The summed E-state index contributed by atoms with van der Waals surface area (Å²) < 4.78 is 5.06. The Hall–Kier alpha value is -1.09. The van der Waals surface area contributed by atoms with Crippen LogP contribution in [0.25, 0.3) is 0 Å². The highest BCUT2D eigenvalue weighted by Gasteiger charge is 2.28. The van der Waals surface area contributed by atoms with E-state index in [-0.39, 0.29) is 6.04 Å². The van der Waals surface area contributed by atoms with Crippen LogP contribution in [0.2, 0.25) is 0 Å². The highest BCUT2D eigenvalue weighted by molar-refractivity contribution is 5.16. The molecule has 0 radical (unpaired) electrons. The van der Waals surface area contributed by atoms with Crippen molar-refractivity contribution in [1.29, 1.82) is 0 Å². The van der Waals surface area contributed by atoms with Gasteiger partial charge < -0.3 is 10.5 Å². The number of ether oxygens (including phenoxy) is 1. The van der Waals surface area contributed by atoms with Crippen molar-refractivity contribution in [2.75, 3.05) is 7.11 Å². The average molecular weight is 192 g/mol. The molecule has 0 bridgehead atoms. The fourth-order valence-corrected chi connectivity index (χ4v) is 1.62. The molecule has 2 N–H and O–H groups in total. The smallest absolute Gasteiger partial charge is 0.213 e. The van der Waals surface area contributed by atoms with Gasteiger partial charge in [-0.1, -0.05) is 6.07 Å². The molecule has 0 aliphatic heterocycles. The molecule has 0 amide bonds. The maximum absolute atomic E-state index is 6.02. The summed E-state index contributed by atoms with van der Waals surface area (Å²) in [5, 5.41) is 0. The second-order valence-electron chi connectivity index (χ2n) is 3.88. The van der Waals surface area contributed by atoms with Crippen molar-refractivity contribution in [3.8, 4) is 5.88 Å². The molecule has 3 heteroatoms. The van der Waals surface area contributed by atoms with Crippen LogP contribution in [-0.4, -0.2) is 18.1 Å². The van der Waals surface area contributed by atoms with E-state index in [4.69, 9.17) is 10.5 Å². The second-order valence-corrected chi connectivity index (χ2v) is 3.88. The number of pyridine rings is 1. The minimum Gasteiger partial charge on any atom is -0.481 e. The van der Waals surface area contributed by atoms with Crippen molar-refractivity contribution in [2.45, 2.75) is 25.3 Å². The summed E-state index contributed by atoms with van der Waals surface area (Å²) in [5.41, 5.74) is 7.05. The number of nitrogens with zero attached hydrogens (tertiary/aromatic N) is 1. The van der Waals surface area contributed by atoms with E-state index in [1.807, 2.05) is 18.2 Å². The molecule has 0 spiro atoms. The molecule has 14 heavy (non-hydrogen) atoms. The third kappa shape index (κ3) is 2.23. The molecule has 0 saturated heterocycles. The van der Waals surface area contributed by atoms with Crippen molar-refractivity contribution < 1.29 is 4.74 Å². The molecule has 1 aliphatic carbocycles. The summed E-state index contributed by atoms with van der Waals surface area (Å²) in [6, 6.07) is 6.09. The van der Waals surface area contributed by atoms with Crippen molar-refractivity contribution >= 4 is 0 Å². The minimum atomic E-state index is 0.273. The molecule has 2 rings (SSSR count). The number of hydrogen-bond acceptors (Lipinski definition) is 3. The zero-order valence-electron chi connectivity index (χ0n) is 8.44. The molecule has 0 aromatic carbocycles. The number of nitrogens with two attached hydrogens (primary N) is 1. The Bertz CT molecular complexity index is 310. The molecule has 76 valence electrons. The van der Waals surface area contributed by atoms with Gasteiger partial charge in [0.15, 0.2) is 0 Å². The van der Waals surface area contributed by atoms with Crippen LogP contribution < -0.4 is 10.5 Å². The second kappa shape index (κ2) is 3.96. The van der Waals surface area contributed by atoms with Crippen LogP contribution in [0.1, 0.15) is 18.5 Å². The van der Waals surface area contributed by atoms with E-state index in [0.717, 1.165) is 18.0 Å². The fraction of sp³-hybridized carbons (Fsp3) is 0.545. The predicted octanol–water partition coefficient (Wildman–Crippen LogP) is 1.37. The molecule has 3 nitrogen and oxygen atoms in total. The van der Waals surface area contributed by atoms with E-state index in [0.29, 0.717) is 5.88 Å². The monoisotopic (exact) mass is 192 g/mol. The van der Waals surface area contributed by atoms with Crippen molar-refractivity contribution in [2.24, 2.45) is 11.7 Å². The lowest BCUT2D eigenvalue weighted by Gasteiger charge is -2.09. The van der Waals surface area contributed by atoms with E-state index in [1.54, 1.807) is 7.11 Å². The highest BCUT2D eigenvalue weighted by atomic mass is 16.5. The zero-order valence-corrected chi connectivity index (χ0v) is 8.44. The summed E-state index contributed by atoms with van der Waals surface area (Å²) in [6.07, 6.45) is 3.43. The van der Waals surface area contributed by atoms with Crippen LogP contribution in [0.4, 0.5) is 0 Å². The molecule has 1 atom stereocenters. The Balaban J connectivity index is 2.00. The van der Waals surface area contributed by atoms with Gasteiger partial charge in [0, 0.05) is 24.2 Å². The predicted molar refractivity (Wildman–Crippen MR) is 55.2 cm³/mol. The SMILES string of the molecule is COc1cccc(CC(N)C2CC2)n1. The molecular weight excluding hydrogens is 176 g/mol. The van der Waals surface area contributed by atoms with E-state index in [1.165, 1.54) is 12.8 Å². The average Bonchev–Trinajstić information content (AvgIpc) is 3.01. The summed E-state index contributed by atoms with van der Waals surface area (Å²) in [7, 11) is 1.63. The molecule has 1 heterocycles. The molecule has 1 aromatic heterocycles. The lowest BCUT2D eigenvalue weighted by molar-refractivity contribution is 0.395. The number of aromatic nitrogens is 1. The van der Waals surface area contributed by atoms with E-state index in [9.17, 15) is 0 Å². The van der Waals surface area contributed by atoms with Crippen LogP contribution in [0.15, 0.2) is 18.2 Å². The lowest BCUT2D eigenvalue weighted by Crippen LogP contribution is -2.25. The van der Waals surface area contributed by atoms with Crippen molar-refractivity contribution in [1.82, 2.24) is 4.98 Å². The molecule has 1 aliphatic rings. The largest absolute Gasteiger partial charge is 0.481 e. The number of methoxy groups -OCH3 is 1. The van der Waals surface area contributed by atoms with E-state index >= 15 is 0 Å². The summed E-state index contributed by atoms with van der Waals surface area (Å²) in [6.45, 7) is 0. The molecule has 1 fully saturated rings. The highest BCUT2D eigenvalue weighted by Crippen LogP contribution is 2.32. The Labute approximate surface area is 84.3 Å². The summed E-state index contributed by atoms with van der Waals surface area (Å²) in [5.74, 6) is 1.40. The Kier molecular flexibility index (Phi) is 2.68. The third-order valence-corrected chi connectivity index (χ3v) is 2.66. The van der Waals surface area contributed by atoms with Crippen LogP contribution in [0, 0.1) is 5.92 Å². The normalized spacial score (nSPS) is 17.9. The van der Waals surface area contributed by atoms with Crippen molar-refractivity contribution in [3.63, 3.8) is 0 Å². The first-order valence-electron chi connectivity index (χ1n) is 5.05. The topological polar surface area (TPSA) is 48.1 Å². The molecular formula is C11H16N2O. The summed E-state index contributed by atoms with van der Waals surface area (Å²) in [4.78, 5) is 4.34. The first-order chi connectivity index (χ1) is 6.79. The quantitative estimate of drug-likeness (QED) is 0.783. The Morgan fingerprint density at radius 2 is 2.36 bits per heavy atom. The first-order valence-corrected chi connectivity index (χ1v) is 5.05. The zero-order chi connectivity index (χ0) is 9.97. The van der Waals surface area contributed by atoms with Gasteiger partial charge in [0.25, 0.3) is 0 Å². The van der Waals surface area contributed by atoms with Crippen LogP contribution in [-0.2, 0) is 6.42 Å². The van der Waals surface area contributed by atoms with Crippen LogP contribution in [0.5, 0.6) is 5.88 Å². The maximum Gasteiger partial charge on any atom is 0.213 e. The van der Waals surface area contributed by atoms with Crippen LogP contribution >= 0.6 is 0 Å². The van der Waals surface area contributed by atoms with Gasteiger partial charge in [0.1, 0.15) is 0 Å². The Morgan fingerprint density at radius 1 is 1.57 bits per heavy atom. The first kappa shape index (κ1) is 9.46.